The van der Waals surface area contributed by atoms with Crippen LogP contribution in [0.4, 0.5) is 9.39 Å². The molecule has 0 unspecified atom stereocenters. The molecule has 1 N–H and O–H groups in total. The zero-order valence-corrected chi connectivity index (χ0v) is 11.3. The second-order valence-corrected chi connectivity index (χ2v) is 5.57. The van der Waals surface area contributed by atoms with Gasteiger partial charge >= 0.3 is 0 Å². The van der Waals surface area contributed by atoms with E-state index < -0.39 is 0 Å². The fraction of sp³-hybridized carbons (Fsp3) is 0.231. The summed E-state index contributed by atoms with van der Waals surface area (Å²) in [6, 6.07) is 8.83. The lowest BCUT2D eigenvalue weighted by Crippen LogP contribution is -2.03. The van der Waals surface area contributed by atoms with Crippen LogP contribution in [-0.4, -0.2) is 10.4 Å². The standard InChI is InChI=1S/C13H9ClFN3S/c14-12-10(6-16)13(19-18-12)17-11-5-9(11)7-1-3-8(15)4-2-7/h1-4,9,11,17H,5H2/t9-,11+/m0/s1. The normalized spacial score (nSPS) is 20.9. The van der Waals surface area contributed by atoms with E-state index >= 15 is 0 Å². The summed E-state index contributed by atoms with van der Waals surface area (Å²) >= 11 is 7.01. The van der Waals surface area contributed by atoms with Crippen LogP contribution in [0.1, 0.15) is 23.5 Å². The molecular weight excluding hydrogens is 285 g/mol. The molecule has 96 valence electrons. The van der Waals surface area contributed by atoms with E-state index in [-0.39, 0.29) is 17.0 Å². The molecule has 1 heterocycles. The van der Waals surface area contributed by atoms with Crippen molar-refractivity contribution in [3.05, 3.63) is 46.4 Å². The molecule has 6 heteroatoms. The molecule has 1 aliphatic carbocycles. The summed E-state index contributed by atoms with van der Waals surface area (Å²) in [5.74, 6) is 0.128. The summed E-state index contributed by atoms with van der Waals surface area (Å²) < 4.78 is 16.8. The summed E-state index contributed by atoms with van der Waals surface area (Å²) in [5, 5.41) is 13.2. The highest BCUT2D eigenvalue weighted by Crippen LogP contribution is 2.44. The Morgan fingerprint density at radius 1 is 1.42 bits per heavy atom. The Morgan fingerprint density at radius 3 is 2.84 bits per heavy atom. The minimum absolute atomic E-state index is 0.227. The van der Waals surface area contributed by atoms with Crippen molar-refractivity contribution in [2.45, 2.75) is 18.4 Å². The van der Waals surface area contributed by atoms with Gasteiger partial charge in [-0.2, -0.15) is 9.64 Å². The molecule has 1 fully saturated rings. The largest absolute Gasteiger partial charge is 0.371 e. The summed E-state index contributed by atoms with van der Waals surface area (Å²) in [7, 11) is 0. The summed E-state index contributed by atoms with van der Waals surface area (Å²) in [5.41, 5.74) is 1.50. The SMILES string of the molecule is N#Cc1c(Cl)nsc1N[C@@H]1C[C@H]1c1ccc(F)cc1. The van der Waals surface area contributed by atoms with E-state index in [2.05, 4.69) is 9.69 Å². The van der Waals surface area contributed by atoms with Gasteiger partial charge in [0.1, 0.15) is 22.5 Å². The number of halogens is 2. The minimum Gasteiger partial charge on any atom is -0.371 e. The van der Waals surface area contributed by atoms with Crippen LogP contribution in [0.15, 0.2) is 24.3 Å². The van der Waals surface area contributed by atoms with Crippen LogP contribution in [0, 0.1) is 17.1 Å². The third-order valence-electron chi connectivity index (χ3n) is 3.17. The van der Waals surface area contributed by atoms with E-state index in [9.17, 15) is 4.39 Å². The third kappa shape index (κ3) is 2.42. The van der Waals surface area contributed by atoms with Gasteiger partial charge in [0.05, 0.1) is 0 Å². The van der Waals surface area contributed by atoms with E-state index in [1.807, 2.05) is 6.07 Å². The van der Waals surface area contributed by atoms with Gasteiger partial charge in [-0.1, -0.05) is 23.7 Å². The van der Waals surface area contributed by atoms with Crippen LogP contribution in [0.5, 0.6) is 0 Å². The highest BCUT2D eigenvalue weighted by molar-refractivity contribution is 7.10. The van der Waals surface area contributed by atoms with Crippen LogP contribution in [0.25, 0.3) is 0 Å². The molecular formula is C13H9ClFN3S. The maximum absolute atomic E-state index is 12.8. The molecule has 0 spiro atoms. The molecule has 1 aliphatic rings. The van der Waals surface area contributed by atoms with Gasteiger partial charge < -0.3 is 5.32 Å². The van der Waals surface area contributed by atoms with Gasteiger partial charge in [0, 0.05) is 12.0 Å². The number of rotatable bonds is 3. The van der Waals surface area contributed by atoms with Gasteiger partial charge in [-0.25, -0.2) is 4.39 Å². The van der Waals surface area contributed by atoms with Crippen LogP contribution < -0.4 is 5.32 Å². The summed E-state index contributed by atoms with van der Waals surface area (Å²) in [4.78, 5) is 0. The maximum atomic E-state index is 12.8. The quantitative estimate of drug-likeness (QED) is 0.937. The number of nitrogens with one attached hydrogen (secondary N) is 1. The molecule has 3 nitrogen and oxygen atoms in total. The Morgan fingerprint density at radius 2 is 2.16 bits per heavy atom. The van der Waals surface area contributed by atoms with E-state index in [1.54, 1.807) is 12.1 Å². The minimum atomic E-state index is -0.227. The lowest BCUT2D eigenvalue weighted by molar-refractivity contribution is 0.627. The predicted molar refractivity (Wildman–Crippen MR) is 73.0 cm³/mol. The topological polar surface area (TPSA) is 48.7 Å². The molecule has 19 heavy (non-hydrogen) atoms. The monoisotopic (exact) mass is 293 g/mol. The molecule has 1 aromatic carbocycles. The van der Waals surface area contributed by atoms with Crippen LogP contribution >= 0.6 is 23.1 Å². The van der Waals surface area contributed by atoms with Crippen LogP contribution in [0.2, 0.25) is 5.15 Å². The second-order valence-electron chi connectivity index (χ2n) is 4.43. The van der Waals surface area contributed by atoms with Gasteiger partial charge in [-0.15, -0.1) is 0 Å². The number of nitriles is 1. The van der Waals surface area contributed by atoms with Gasteiger partial charge in [-0.05, 0) is 35.6 Å². The van der Waals surface area contributed by atoms with Crippen molar-refractivity contribution in [1.29, 1.82) is 5.26 Å². The molecule has 1 aromatic heterocycles. The molecule has 0 amide bonds. The fourth-order valence-corrected chi connectivity index (χ4v) is 3.06. The molecule has 0 saturated heterocycles. The van der Waals surface area contributed by atoms with Crippen molar-refractivity contribution in [3.8, 4) is 6.07 Å². The third-order valence-corrected chi connectivity index (χ3v) is 4.32. The van der Waals surface area contributed by atoms with Crippen LogP contribution in [-0.2, 0) is 0 Å². The number of hydrogen-bond acceptors (Lipinski definition) is 4. The number of anilines is 1. The van der Waals surface area contributed by atoms with Crippen molar-refractivity contribution in [1.82, 2.24) is 4.37 Å². The lowest BCUT2D eigenvalue weighted by atomic mass is 10.1. The van der Waals surface area contributed by atoms with Gasteiger partial charge in [-0.3, -0.25) is 0 Å². The summed E-state index contributed by atoms with van der Waals surface area (Å²) in [6.07, 6.45) is 0.964. The molecule has 0 radical (unpaired) electrons. The van der Waals surface area contributed by atoms with Crippen molar-refractivity contribution in [2.75, 3.05) is 5.32 Å². The smallest absolute Gasteiger partial charge is 0.162 e. The maximum Gasteiger partial charge on any atom is 0.162 e. The molecule has 1 saturated carbocycles. The number of aromatic nitrogens is 1. The lowest BCUT2D eigenvalue weighted by Gasteiger charge is -2.03. The highest BCUT2D eigenvalue weighted by atomic mass is 35.5. The number of benzene rings is 1. The molecule has 2 aromatic rings. The molecule has 3 rings (SSSR count). The predicted octanol–water partition coefficient (Wildman–Crippen LogP) is 3.78. The van der Waals surface area contributed by atoms with E-state index in [0.717, 1.165) is 12.0 Å². The van der Waals surface area contributed by atoms with E-state index in [1.165, 1.54) is 23.7 Å². The first kappa shape index (κ1) is 12.4. The first-order chi connectivity index (χ1) is 9.19. The van der Waals surface area contributed by atoms with Crippen LogP contribution in [0.3, 0.4) is 0 Å². The Bertz CT molecular complexity index is 647. The average molecular weight is 294 g/mol. The van der Waals surface area contributed by atoms with Crippen molar-refractivity contribution in [3.63, 3.8) is 0 Å². The Hall–Kier alpha value is -1.64. The van der Waals surface area contributed by atoms with E-state index in [0.29, 0.717) is 16.5 Å². The molecule has 2 atom stereocenters. The number of nitrogens with zero attached hydrogens (tertiary/aromatic N) is 2. The summed E-state index contributed by atoms with van der Waals surface area (Å²) in [6.45, 7) is 0. The molecule has 0 aliphatic heterocycles. The Balaban J connectivity index is 1.71. The number of hydrogen-bond donors (Lipinski definition) is 1. The Kier molecular flexibility index (Phi) is 3.13. The van der Waals surface area contributed by atoms with Crippen molar-refractivity contribution in [2.24, 2.45) is 0 Å². The van der Waals surface area contributed by atoms with Crippen molar-refractivity contribution < 1.29 is 4.39 Å². The average Bonchev–Trinajstić information content (AvgIpc) is 3.07. The highest BCUT2D eigenvalue weighted by Gasteiger charge is 2.39. The van der Waals surface area contributed by atoms with Gasteiger partial charge in [0.15, 0.2) is 5.15 Å². The van der Waals surface area contributed by atoms with Gasteiger partial charge in [0.25, 0.3) is 0 Å². The first-order valence-electron chi connectivity index (χ1n) is 5.76. The molecule has 0 bridgehead atoms. The Labute approximate surface area is 118 Å². The van der Waals surface area contributed by atoms with Gasteiger partial charge in [0.2, 0.25) is 0 Å². The van der Waals surface area contributed by atoms with Crippen molar-refractivity contribution >= 4 is 28.1 Å². The van der Waals surface area contributed by atoms with E-state index in [4.69, 9.17) is 16.9 Å². The second kappa shape index (κ2) is 4.80. The first-order valence-corrected chi connectivity index (χ1v) is 6.91. The zero-order valence-electron chi connectivity index (χ0n) is 9.73. The fourth-order valence-electron chi connectivity index (χ4n) is 2.07. The zero-order chi connectivity index (χ0) is 13.4.